The summed E-state index contributed by atoms with van der Waals surface area (Å²) in [5, 5.41) is 1.71. The fraction of sp³-hybridized carbons (Fsp3) is 0.364. The van der Waals surface area contributed by atoms with Gasteiger partial charge in [-0.15, -0.1) is 0 Å². The highest BCUT2D eigenvalue weighted by atomic mass is 19.4. The topological polar surface area (TPSA) is 29.1 Å². The minimum absolute atomic E-state index is 0.214. The highest BCUT2D eigenvalue weighted by Gasteiger charge is 2.34. The number of hydrogen-bond donors (Lipinski definition) is 1. The van der Waals surface area contributed by atoms with Crippen LogP contribution < -0.4 is 5.32 Å². The van der Waals surface area contributed by atoms with Gasteiger partial charge in [-0.25, -0.2) is 4.39 Å². The van der Waals surface area contributed by atoms with Crippen LogP contribution in [0.2, 0.25) is 0 Å². The van der Waals surface area contributed by atoms with Crippen molar-refractivity contribution in [1.29, 1.82) is 0 Å². The van der Waals surface area contributed by atoms with Crippen LogP contribution in [0.1, 0.15) is 17.5 Å². The van der Waals surface area contributed by atoms with Crippen LogP contribution in [-0.2, 0) is 17.5 Å². The van der Waals surface area contributed by atoms with Crippen LogP contribution in [0.3, 0.4) is 0 Å². The van der Waals surface area contributed by atoms with E-state index < -0.39 is 48.2 Å². The zero-order chi connectivity index (χ0) is 15.6. The van der Waals surface area contributed by atoms with Crippen molar-refractivity contribution in [2.45, 2.75) is 25.3 Å². The summed E-state index contributed by atoms with van der Waals surface area (Å²) in [5.41, 5.74) is -1.86. The molecule has 0 saturated carbocycles. The molecule has 0 fully saturated rings. The minimum Gasteiger partial charge on any atom is -0.352 e. The van der Waals surface area contributed by atoms with Crippen LogP contribution in [0.4, 0.5) is 30.7 Å². The maximum Gasteiger partial charge on any atom is 0.416 e. The third-order valence-electron chi connectivity index (χ3n) is 2.21. The molecule has 0 radical (unpaired) electrons. The molecule has 1 aromatic carbocycles. The molecule has 0 spiro atoms. The highest BCUT2D eigenvalue weighted by Crippen LogP contribution is 2.32. The fourth-order valence-electron chi connectivity index (χ4n) is 1.41. The third kappa shape index (κ3) is 5.06. The lowest BCUT2D eigenvalue weighted by Gasteiger charge is -2.14. The second-order valence-electron chi connectivity index (χ2n) is 3.87. The second-order valence-corrected chi connectivity index (χ2v) is 3.87. The number of hydrogen-bond acceptors (Lipinski definition) is 1. The van der Waals surface area contributed by atoms with Gasteiger partial charge in [-0.2, -0.15) is 26.3 Å². The van der Waals surface area contributed by atoms with Gasteiger partial charge in [0.1, 0.15) is 12.2 Å². The van der Waals surface area contributed by atoms with Gasteiger partial charge < -0.3 is 5.32 Å². The Kier molecular flexibility index (Phi) is 4.61. The molecule has 1 amide bonds. The van der Waals surface area contributed by atoms with Gasteiger partial charge in [-0.05, 0) is 17.7 Å². The van der Waals surface area contributed by atoms with Crippen LogP contribution in [0.25, 0.3) is 0 Å². The third-order valence-corrected chi connectivity index (χ3v) is 2.21. The monoisotopic (exact) mass is 303 g/mol. The van der Waals surface area contributed by atoms with Crippen molar-refractivity contribution in [3.63, 3.8) is 0 Å². The quantitative estimate of drug-likeness (QED) is 0.852. The minimum atomic E-state index is -4.87. The summed E-state index contributed by atoms with van der Waals surface area (Å²) in [6.07, 6.45) is -11.4. The number of amides is 1. The Morgan fingerprint density at radius 1 is 1.10 bits per heavy atom. The summed E-state index contributed by atoms with van der Waals surface area (Å²) in [6, 6.07) is 1.69. The summed E-state index contributed by atoms with van der Waals surface area (Å²) in [5.74, 6) is -2.60. The molecule has 20 heavy (non-hydrogen) atoms. The van der Waals surface area contributed by atoms with Crippen LogP contribution in [0.5, 0.6) is 0 Å². The number of rotatable bonds is 3. The standard InChI is InChI=1S/C11H8F7NO/c12-7-2-1-6(8(3-7)11(16,17)18)5-19-9(20)4-10(13,14)15/h1-3H,4-5H2,(H,19,20). The number of nitrogens with one attached hydrogen (secondary N) is 1. The summed E-state index contributed by atoms with van der Waals surface area (Å²) in [7, 11) is 0. The molecule has 0 aliphatic rings. The maximum atomic E-state index is 12.8. The largest absolute Gasteiger partial charge is 0.416 e. The zero-order valence-electron chi connectivity index (χ0n) is 9.70. The van der Waals surface area contributed by atoms with E-state index in [1.165, 1.54) is 0 Å². The Balaban J connectivity index is 2.81. The summed E-state index contributed by atoms with van der Waals surface area (Å²) >= 11 is 0. The molecule has 1 N–H and O–H groups in total. The van der Waals surface area contributed by atoms with E-state index in [0.717, 1.165) is 12.1 Å². The molecule has 1 aromatic rings. The van der Waals surface area contributed by atoms with Gasteiger partial charge in [0.25, 0.3) is 0 Å². The lowest BCUT2D eigenvalue weighted by molar-refractivity contribution is -0.154. The van der Waals surface area contributed by atoms with E-state index in [2.05, 4.69) is 0 Å². The molecule has 0 atom stereocenters. The van der Waals surface area contributed by atoms with E-state index in [1.807, 2.05) is 0 Å². The number of carbonyl (C=O) groups is 1. The molecular formula is C11H8F7NO. The molecule has 112 valence electrons. The molecule has 0 aromatic heterocycles. The maximum absolute atomic E-state index is 12.8. The Hall–Kier alpha value is -1.80. The molecule has 9 heteroatoms. The normalized spacial score (nSPS) is 12.3. The van der Waals surface area contributed by atoms with E-state index in [-0.39, 0.29) is 6.07 Å². The molecule has 0 bridgehead atoms. The van der Waals surface area contributed by atoms with Gasteiger partial charge >= 0.3 is 12.4 Å². The van der Waals surface area contributed by atoms with Crippen molar-refractivity contribution in [3.8, 4) is 0 Å². The lowest BCUT2D eigenvalue weighted by Crippen LogP contribution is -2.29. The fourth-order valence-corrected chi connectivity index (χ4v) is 1.41. The van der Waals surface area contributed by atoms with Crippen molar-refractivity contribution in [1.82, 2.24) is 5.32 Å². The van der Waals surface area contributed by atoms with E-state index in [9.17, 15) is 35.5 Å². The van der Waals surface area contributed by atoms with E-state index >= 15 is 0 Å². The van der Waals surface area contributed by atoms with E-state index in [1.54, 1.807) is 5.32 Å². The molecular weight excluding hydrogens is 295 g/mol. The lowest BCUT2D eigenvalue weighted by atomic mass is 10.1. The first-order valence-electron chi connectivity index (χ1n) is 5.18. The van der Waals surface area contributed by atoms with Crippen molar-refractivity contribution in [2.24, 2.45) is 0 Å². The zero-order valence-corrected chi connectivity index (χ0v) is 9.70. The Labute approximate surface area is 108 Å². The number of carbonyl (C=O) groups excluding carboxylic acids is 1. The number of halogens is 7. The smallest absolute Gasteiger partial charge is 0.352 e. The first kappa shape index (κ1) is 16.3. The SMILES string of the molecule is O=C(CC(F)(F)F)NCc1ccc(F)cc1C(F)(F)F. The van der Waals surface area contributed by atoms with Crippen LogP contribution in [0, 0.1) is 5.82 Å². The van der Waals surface area contributed by atoms with E-state index in [0.29, 0.717) is 0 Å². The van der Waals surface area contributed by atoms with Gasteiger partial charge in [0.05, 0.1) is 5.56 Å². The number of alkyl halides is 6. The van der Waals surface area contributed by atoms with Gasteiger partial charge in [0.2, 0.25) is 5.91 Å². The molecule has 1 rings (SSSR count). The van der Waals surface area contributed by atoms with Gasteiger partial charge in [-0.3, -0.25) is 4.79 Å². The predicted octanol–water partition coefficient (Wildman–Crippen LogP) is 3.41. The summed E-state index contributed by atoms with van der Waals surface area (Å²) < 4.78 is 86.0. The Bertz CT molecular complexity index is 493. The van der Waals surface area contributed by atoms with Crippen molar-refractivity contribution in [3.05, 3.63) is 35.1 Å². The molecule has 0 aliphatic heterocycles. The van der Waals surface area contributed by atoms with Crippen LogP contribution in [0.15, 0.2) is 18.2 Å². The van der Waals surface area contributed by atoms with Gasteiger partial charge in [0, 0.05) is 6.54 Å². The Morgan fingerprint density at radius 2 is 1.70 bits per heavy atom. The molecule has 0 unspecified atom stereocenters. The van der Waals surface area contributed by atoms with Crippen molar-refractivity contribution in [2.75, 3.05) is 0 Å². The molecule has 2 nitrogen and oxygen atoms in total. The number of benzene rings is 1. The molecule has 0 heterocycles. The van der Waals surface area contributed by atoms with Gasteiger partial charge in [-0.1, -0.05) is 6.07 Å². The van der Waals surface area contributed by atoms with Crippen LogP contribution >= 0.6 is 0 Å². The average molecular weight is 303 g/mol. The van der Waals surface area contributed by atoms with Crippen molar-refractivity contribution >= 4 is 5.91 Å². The van der Waals surface area contributed by atoms with Crippen molar-refractivity contribution < 1.29 is 35.5 Å². The van der Waals surface area contributed by atoms with Crippen LogP contribution in [-0.4, -0.2) is 12.1 Å². The first-order chi connectivity index (χ1) is 8.99. The Morgan fingerprint density at radius 3 is 2.20 bits per heavy atom. The second kappa shape index (κ2) is 5.68. The highest BCUT2D eigenvalue weighted by molar-refractivity contribution is 5.76. The molecule has 0 saturated heterocycles. The average Bonchev–Trinajstić information content (AvgIpc) is 2.23. The predicted molar refractivity (Wildman–Crippen MR) is 53.9 cm³/mol. The first-order valence-corrected chi connectivity index (χ1v) is 5.18. The summed E-state index contributed by atoms with van der Waals surface area (Å²) in [6.45, 7) is -0.774. The summed E-state index contributed by atoms with van der Waals surface area (Å²) in [4.78, 5) is 10.9. The van der Waals surface area contributed by atoms with E-state index in [4.69, 9.17) is 0 Å². The molecule has 0 aliphatic carbocycles. The van der Waals surface area contributed by atoms with Gasteiger partial charge in [0.15, 0.2) is 0 Å².